The van der Waals surface area contributed by atoms with Crippen molar-refractivity contribution in [3.8, 4) is 23.1 Å². The van der Waals surface area contributed by atoms with Crippen LogP contribution in [0.3, 0.4) is 0 Å². The molecule has 0 radical (unpaired) electrons. The molecule has 0 unspecified atom stereocenters. The number of hydrogen-bond acceptors (Lipinski definition) is 4. The Bertz CT molecular complexity index is 1300. The minimum atomic E-state index is -0.517. The average Bonchev–Trinajstić information content (AvgIpc) is 3.32. The van der Waals surface area contributed by atoms with E-state index in [1.54, 1.807) is 36.4 Å². The van der Waals surface area contributed by atoms with Crippen LogP contribution >= 0.6 is 15.9 Å². The van der Waals surface area contributed by atoms with Gasteiger partial charge in [-0.25, -0.2) is 0 Å². The Morgan fingerprint density at radius 2 is 1.70 bits per heavy atom. The van der Waals surface area contributed by atoms with Crippen molar-refractivity contribution < 1.29 is 13.9 Å². The highest BCUT2D eigenvalue weighted by molar-refractivity contribution is 9.10. The molecule has 0 spiro atoms. The number of nitrogens with one attached hydrogen (secondary N) is 1. The van der Waals surface area contributed by atoms with Gasteiger partial charge in [0.25, 0.3) is 5.91 Å². The lowest BCUT2D eigenvalue weighted by Gasteiger charge is -2.08. The van der Waals surface area contributed by atoms with E-state index in [0.717, 1.165) is 15.6 Å². The van der Waals surface area contributed by atoms with E-state index in [9.17, 15) is 10.1 Å². The highest BCUT2D eigenvalue weighted by Gasteiger charge is 2.12. The number of halogens is 1. The molecule has 5 nitrogen and oxygen atoms in total. The third-order valence-electron chi connectivity index (χ3n) is 4.77. The van der Waals surface area contributed by atoms with Gasteiger partial charge in [-0.15, -0.1) is 0 Å². The van der Waals surface area contributed by atoms with Crippen LogP contribution in [0.2, 0.25) is 0 Å². The molecule has 3 aromatic carbocycles. The Balaban J connectivity index is 1.39. The van der Waals surface area contributed by atoms with Crippen LogP contribution in [0.15, 0.2) is 105 Å². The molecule has 4 rings (SSSR count). The second-order valence-corrected chi connectivity index (χ2v) is 8.05. The van der Waals surface area contributed by atoms with Gasteiger partial charge in [0.05, 0.1) is 0 Å². The van der Waals surface area contributed by atoms with Gasteiger partial charge in [0.15, 0.2) is 0 Å². The smallest absolute Gasteiger partial charge is 0.266 e. The molecular formula is C27H19BrN2O3. The third-order valence-corrected chi connectivity index (χ3v) is 5.30. The summed E-state index contributed by atoms with van der Waals surface area (Å²) in [6.45, 7) is 0.458. The maximum Gasteiger partial charge on any atom is 0.266 e. The Labute approximate surface area is 200 Å². The Kier molecular flexibility index (Phi) is 7.03. The van der Waals surface area contributed by atoms with Gasteiger partial charge in [0, 0.05) is 21.8 Å². The zero-order valence-corrected chi connectivity index (χ0v) is 19.1. The number of benzene rings is 3. The zero-order valence-electron chi connectivity index (χ0n) is 17.5. The van der Waals surface area contributed by atoms with Crippen LogP contribution < -0.4 is 10.1 Å². The van der Waals surface area contributed by atoms with E-state index in [2.05, 4.69) is 21.2 Å². The minimum Gasteiger partial charge on any atom is -0.489 e. The molecule has 162 valence electrons. The van der Waals surface area contributed by atoms with E-state index in [-0.39, 0.29) is 5.57 Å². The lowest BCUT2D eigenvalue weighted by molar-refractivity contribution is -0.112. The van der Waals surface area contributed by atoms with Gasteiger partial charge in [-0.05, 0) is 54.1 Å². The van der Waals surface area contributed by atoms with Crippen LogP contribution in [-0.2, 0) is 11.4 Å². The summed E-state index contributed by atoms with van der Waals surface area (Å²) in [7, 11) is 0. The number of carbonyl (C=O) groups excluding carboxylic acids is 1. The fourth-order valence-corrected chi connectivity index (χ4v) is 3.33. The van der Waals surface area contributed by atoms with Crippen LogP contribution in [0.5, 0.6) is 5.75 Å². The number of nitrogens with zero attached hydrogens (tertiary/aromatic N) is 1. The number of furan rings is 1. The number of nitriles is 1. The average molecular weight is 499 g/mol. The third kappa shape index (κ3) is 6.00. The summed E-state index contributed by atoms with van der Waals surface area (Å²) in [5.41, 5.74) is 2.47. The number of anilines is 1. The first kappa shape index (κ1) is 22.1. The van der Waals surface area contributed by atoms with Gasteiger partial charge in [-0.1, -0.05) is 58.4 Å². The summed E-state index contributed by atoms with van der Waals surface area (Å²) in [5, 5.41) is 12.2. The van der Waals surface area contributed by atoms with E-state index < -0.39 is 5.91 Å². The first-order valence-electron chi connectivity index (χ1n) is 10.2. The highest BCUT2D eigenvalue weighted by Crippen LogP contribution is 2.25. The fraction of sp³-hybridized carbons (Fsp3) is 0.0370. The molecule has 0 aliphatic rings. The number of hydrogen-bond donors (Lipinski definition) is 1. The summed E-state index contributed by atoms with van der Waals surface area (Å²) in [4.78, 5) is 12.6. The largest absolute Gasteiger partial charge is 0.489 e. The van der Waals surface area contributed by atoms with Crippen molar-refractivity contribution in [3.05, 3.63) is 112 Å². The molecule has 0 saturated heterocycles. The number of ether oxygens (including phenoxy) is 1. The molecular weight excluding hydrogens is 480 g/mol. The Hall–Kier alpha value is -4.08. The Morgan fingerprint density at radius 3 is 2.39 bits per heavy atom. The SMILES string of the molecule is N#C/C(=C\c1ccc(-c2ccc(Br)cc2)o1)C(=O)Nc1ccc(OCc2ccccc2)cc1. The lowest BCUT2D eigenvalue weighted by atomic mass is 10.2. The van der Waals surface area contributed by atoms with E-state index in [0.29, 0.717) is 29.6 Å². The minimum absolute atomic E-state index is 0.0592. The molecule has 1 amide bonds. The van der Waals surface area contributed by atoms with Gasteiger partial charge in [0.1, 0.15) is 35.5 Å². The normalized spacial score (nSPS) is 11.0. The van der Waals surface area contributed by atoms with Crippen LogP contribution in [0.1, 0.15) is 11.3 Å². The highest BCUT2D eigenvalue weighted by atomic mass is 79.9. The van der Waals surface area contributed by atoms with Crippen molar-refractivity contribution in [3.63, 3.8) is 0 Å². The monoisotopic (exact) mass is 498 g/mol. The van der Waals surface area contributed by atoms with Gasteiger partial charge < -0.3 is 14.5 Å². The molecule has 0 bridgehead atoms. The van der Waals surface area contributed by atoms with Crippen LogP contribution in [0.25, 0.3) is 17.4 Å². The molecule has 1 heterocycles. The van der Waals surface area contributed by atoms with Gasteiger partial charge in [-0.2, -0.15) is 5.26 Å². The summed E-state index contributed by atoms with van der Waals surface area (Å²) in [5.74, 6) is 1.24. The first-order valence-corrected chi connectivity index (χ1v) is 11.0. The molecule has 0 saturated carbocycles. The van der Waals surface area contributed by atoms with Crippen molar-refractivity contribution in [2.75, 3.05) is 5.32 Å². The van der Waals surface area contributed by atoms with Crippen molar-refractivity contribution in [1.82, 2.24) is 0 Å². The number of carbonyl (C=O) groups is 1. The second kappa shape index (κ2) is 10.5. The van der Waals surface area contributed by atoms with E-state index in [4.69, 9.17) is 9.15 Å². The van der Waals surface area contributed by atoms with Crippen molar-refractivity contribution in [1.29, 1.82) is 5.26 Å². The predicted octanol–water partition coefficient (Wildman–Crippen LogP) is 6.83. The fourth-order valence-electron chi connectivity index (χ4n) is 3.06. The topological polar surface area (TPSA) is 75.3 Å². The number of amides is 1. The van der Waals surface area contributed by atoms with E-state index in [1.165, 1.54) is 6.08 Å². The summed E-state index contributed by atoms with van der Waals surface area (Å²) >= 11 is 3.40. The van der Waals surface area contributed by atoms with Gasteiger partial charge in [0.2, 0.25) is 0 Å². The standard InChI is InChI=1S/C27H19BrN2O3/c28-22-8-6-20(7-9-22)26-15-14-25(33-26)16-21(17-29)27(31)30-23-10-12-24(13-11-23)32-18-19-4-2-1-3-5-19/h1-16H,18H2,(H,30,31)/b21-16+. The molecule has 1 N–H and O–H groups in total. The van der Waals surface area contributed by atoms with Crippen LogP contribution in [0, 0.1) is 11.3 Å². The summed E-state index contributed by atoms with van der Waals surface area (Å²) in [6, 6.07) is 30.0. The summed E-state index contributed by atoms with van der Waals surface area (Å²) in [6.07, 6.45) is 1.43. The zero-order chi connectivity index (χ0) is 23.0. The van der Waals surface area contributed by atoms with Crippen molar-refractivity contribution in [2.24, 2.45) is 0 Å². The first-order chi connectivity index (χ1) is 16.1. The second-order valence-electron chi connectivity index (χ2n) is 7.13. The van der Waals surface area contributed by atoms with Crippen LogP contribution in [0.4, 0.5) is 5.69 Å². The molecule has 1 aromatic heterocycles. The van der Waals surface area contributed by atoms with Crippen molar-refractivity contribution in [2.45, 2.75) is 6.61 Å². The molecule has 33 heavy (non-hydrogen) atoms. The molecule has 0 atom stereocenters. The molecule has 0 aliphatic heterocycles. The molecule has 6 heteroatoms. The maximum atomic E-state index is 12.6. The van der Waals surface area contributed by atoms with Crippen molar-refractivity contribution >= 4 is 33.6 Å². The molecule has 0 aliphatic carbocycles. The van der Waals surface area contributed by atoms with Gasteiger partial charge in [-0.3, -0.25) is 4.79 Å². The van der Waals surface area contributed by atoms with E-state index >= 15 is 0 Å². The van der Waals surface area contributed by atoms with Crippen LogP contribution in [-0.4, -0.2) is 5.91 Å². The van der Waals surface area contributed by atoms with Gasteiger partial charge >= 0.3 is 0 Å². The molecule has 4 aromatic rings. The number of rotatable bonds is 7. The predicted molar refractivity (Wildman–Crippen MR) is 131 cm³/mol. The summed E-state index contributed by atoms with van der Waals surface area (Å²) < 4.78 is 12.5. The maximum absolute atomic E-state index is 12.6. The quantitative estimate of drug-likeness (QED) is 0.223. The lowest BCUT2D eigenvalue weighted by Crippen LogP contribution is -2.13. The molecule has 0 fully saturated rings. The Morgan fingerprint density at radius 1 is 0.970 bits per heavy atom. The van der Waals surface area contributed by atoms with E-state index in [1.807, 2.05) is 60.7 Å².